The summed E-state index contributed by atoms with van der Waals surface area (Å²) in [4.78, 5) is 21.4. The lowest BCUT2D eigenvalue weighted by Crippen LogP contribution is -2.40. The summed E-state index contributed by atoms with van der Waals surface area (Å²) in [5.41, 5.74) is 0. The molecule has 0 spiro atoms. The van der Waals surface area contributed by atoms with Gasteiger partial charge in [-0.3, -0.25) is 0 Å². The van der Waals surface area contributed by atoms with Crippen LogP contribution < -0.4 is 10.6 Å². The number of hydrogen-bond acceptors (Lipinski definition) is 4. The van der Waals surface area contributed by atoms with Gasteiger partial charge in [0.05, 0.1) is 13.1 Å². The van der Waals surface area contributed by atoms with Crippen LogP contribution in [0.1, 0.15) is 0 Å². The van der Waals surface area contributed by atoms with Crippen LogP contribution in [0.5, 0.6) is 0 Å². The van der Waals surface area contributed by atoms with Crippen molar-refractivity contribution in [2.75, 3.05) is 26.3 Å². The van der Waals surface area contributed by atoms with Crippen LogP contribution in [0.4, 0.5) is 9.59 Å². The van der Waals surface area contributed by atoms with Crippen LogP contribution in [0.2, 0.25) is 0 Å². The third kappa shape index (κ3) is 3.09. The SMILES string of the molecule is O=C1NCCOC(=O)OCCN1. The molecule has 1 fully saturated rings. The van der Waals surface area contributed by atoms with Gasteiger partial charge in [0.2, 0.25) is 0 Å². The highest BCUT2D eigenvalue weighted by Gasteiger charge is 2.06. The molecule has 12 heavy (non-hydrogen) atoms. The number of cyclic esters (lactones) is 2. The lowest BCUT2D eigenvalue weighted by molar-refractivity contribution is 0.0555. The summed E-state index contributed by atoms with van der Waals surface area (Å²) in [6, 6.07) is -0.281. The van der Waals surface area contributed by atoms with Crippen LogP contribution >= 0.6 is 0 Å². The molecule has 0 bridgehead atoms. The van der Waals surface area contributed by atoms with Gasteiger partial charge >= 0.3 is 12.2 Å². The second-order valence-electron chi connectivity index (χ2n) is 2.13. The minimum absolute atomic E-state index is 0.131. The van der Waals surface area contributed by atoms with E-state index in [9.17, 15) is 9.59 Å². The maximum absolute atomic E-state index is 10.8. The van der Waals surface area contributed by atoms with E-state index >= 15 is 0 Å². The summed E-state index contributed by atoms with van der Waals surface area (Å²) in [5, 5.41) is 4.98. The van der Waals surface area contributed by atoms with E-state index in [1.165, 1.54) is 0 Å². The largest absolute Gasteiger partial charge is 0.508 e. The minimum Gasteiger partial charge on any atom is -0.432 e. The zero-order valence-electron chi connectivity index (χ0n) is 6.46. The van der Waals surface area contributed by atoms with E-state index in [-0.39, 0.29) is 19.2 Å². The van der Waals surface area contributed by atoms with Gasteiger partial charge in [0.15, 0.2) is 0 Å². The first-order chi connectivity index (χ1) is 5.79. The molecule has 1 aliphatic heterocycles. The van der Waals surface area contributed by atoms with E-state index in [2.05, 4.69) is 20.1 Å². The maximum atomic E-state index is 10.8. The highest BCUT2D eigenvalue weighted by molar-refractivity contribution is 5.73. The normalized spacial score (nSPS) is 19.7. The lowest BCUT2D eigenvalue weighted by atomic mass is 10.6. The average molecular weight is 174 g/mol. The predicted octanol–water partition coefficient (Wildman–Crippen LogP) is -0.548. The molecular weight excluding hydrogens is 164 g/mol. The first-order valence-corrected chi connectivity index (χ1v) is 3.60. The molecule has 1 aliphatic rings. The fourth-order valence-electron chi connectivity index (χ4n) is 0.702. The third-order valence-corrected chi connectivity index (χ3v) is 1.22. The van der Waals surface area contributed by atoms with Gasteiger partial charge < -0.3 is 20.1 Å². The van der Waals surface area contributed by atoms with E-state index in [0.29, 0.717) is 13.1 Å². The molecule has 0 saturated carbocycles. The highest BCUT2D eigenvalue weighted by Crippen LogP contribution is 1.85. The smallest absolute Gasteiger partial charge is 0.432 e. The Balaban J connectivity index is 2.29. The van der Waals surface area contributed by atoms with Gasteiger partial charge in [-0.15, -0.1) is 0 Å². The molecule has 0 unspecified atom stereocenters. The van der Waals surface area contributed by atoms with Crippen LogP contribution in [0, 0.1) is 0 Å². The number of carbonyl (C=O) groups is 2. The molecule has 0 aromatic rings. The Bertz CT molecular complexity index is 146. The summed E-state index contributed by atoms with van der Waals surface area (Å²) in [6.45, 7) is 0.848. The van der Waals surface area contributed by atoms with Crippen molar-refractivity contribution < 1.29 is 19.1 Å². The fraction of sp³-hybridized carbons (Fsp3) is 0.667. The number of carbonyl (C=O) groups excluding carboxylic acids is 2. The van der Waals surface area contributed by atoms with Gasteiger partial charge in [-0.25, -0.2) is 9.59 Å². The Morgan fingerprint density at radius 2 is 1.50 bits per heavy atom. The molecule has 0 atom stereocenters. The van der Waals surface area contributed by atoms with Gasteiger partial charge in [-0.1, -0.05) is 0 Å². The second kappa shape index (κ2) is 4.42. The van der Waals surface area contributed by atoms with Crippen molar-refractivity contribution in [3.63, 3.8) is 0 Å². The van der Waals surface area contributed by atoms with Crippen LogP contribution in [0.25, 0.3) is 0 Å². The number of rotatable bonds is 0. The first-order valence-electron chi connectivity index (χ1n) is 3.60. The number of urea groups is 1. The summed E-state index contributed by atoms with van der Waals surface area (Å²) in [5.74, 6) is 0. The average Bonchev–Trinajstić information content (AvgIpc) is 2.06. The summed E-state index contributed by atoms with van der Waals surface area (Å²) >= 11 is 0. The van der Waals surface area contributed by atoms with Gasteiger partial charge in [-0.05, 0) is 0 Å². The van der Waals surface area contributed by atoms with Crippen LogP contribution in [-0.4, -0.2) is 38.5 Å². The topological polar surface area (TPSA) is 76.7 Å². The Morgan fingerprint density at radius 1 is 1.00 bits per heavy atom. The summed E-state index contributed by atoms with van der Waals surface area (Å²) < 4.78 is 9.13. The van der Waals surface area contributed by atoms with Crippen LogP contribution in [0.15, 0.2) is 0 Å². The molecule has 68 valence electrons. The molecule has 2 amide bonds. The Kier molecular flexibility index (Phi) is 3.18. The van der Waals surface area contributed by atoms with E-state index in [1.54, 1.807) is 0 Å². The van der Waals surface area contributed by atoms with Gasteiger partial charge in [0, 0.05) is 0 Å². The molecule has 0 radical (unpaired) electrons. The van der Waals surface area contributed by atoms with Crippen molar-refractivity contribution in [1.82, 2.24) is 10.6 Å². The maximum Gasteiger partial charge on any atom is 0.508 e. The Hall–Kier alpha value is -1.46. The van der Waals surface area contributed by atoms with Crippen LogP contribution in [0.3, 0.4) is 0 Å². The minimum atomic E-state index is -0.701. The lowest BCUT2D eigenvalue weighted by Gasteiger charge is -2.11. The molecule has 6 heteroatoms. The number of hydrogen-bond donors (Lipinski definition) is 2. The molecule has 1 heterocycles. The summed E-state index contributed by atoms with van der Waals surface area (Å²) in [6.07, 6.45) is -0.701. The van der Waals surface area contributed by atoms with E-state index in [1.807, 2.05) is 0 Å². The van der Waals surface area contributed by atoms with E-state index in [4.69, 9.17) is 0 Å². The first kappa shape index (κ1) is 8.63. The van der Waals surface area contributed by atoms with Crippen molar-refractivity contribution in [3.8, 4) is 0 Å². The van der Waals surface area contributed by atoms with Crippen molar-refractivity contribution in [3.05, 3.63) is 0 Å². The summed E-state index contributed by atoms with van der Waals surface area (Å²) in [7, 11) is 0. The van der Waals surface area contributed by atoms with Crippen molar-refractivity contribution >= 4 is 12.2 Å². The van der Waals surface area contributed by atoms with Gasteiger partial charge in [0.1, 0.15) is 13.2 Å². The molecule has 1 rings (SSSR count). The van der Waals surface area contributed by atoms with Crippen molar-refractivity contribution in [2.45, 2.75) is 0 Å². The molecule has 6 nitrogen and oxygen atoms in total. The van der Waals surface area contributed by atoms with E-state index in [0.717, 1.165) is 0 Å². The zero-order chi connectivity index (χ0) is 8.81. The Labute approximate surface area is 69.2 Å². The fourth-order valence-corrected chi connectivity index (χ4v) is 0.702. The van der Waals surface area contributed by atoms with Crippen LogP contribution in [-0.2, 0) is 9.47 Å². The van der Waals surface area contributed by atoms with Crippen molar-refractivity contribution in [1.29, 1.82) is 0 Å². The van der Waals surface area contributed by atoms with E-state index < -0.39 is 6.16 Å². The monoisotopic (exact) mass is 174 g/mol. The molecule has 0 aliphatic carbocycles. The second-order valence-corrected chi connectivity index (χ2v) is 2.13. The molecular formula is C6H10N2O4. The molecule has 1 saturated heterocycles. The Morgan fingerprint density at radius 3 is 2.00 bits per heavy atom. The predicted molar refractivity (Wildman–Crippen MR) is 38.7 cm³/mol. The number of ether oxygens (including phenoxy) is 2. The standard InChI is InChI=1S/C6H10N2O4/c9-5-7-1-3-11-6(10)12-4-2-8-5/h1-4H2,(H2,7,8,9). The zero-order valence-corrected chi connectivity index (χ0v) is 6.46. The van der Waals surface area contributed by atoms with Crippen molar-refractivity contribution in [2.24, 2.45) is 0 Å². The van der Waals surface area contributed by atoms with Gasteiger partial charge in [0.25, 0.3) is 0 Å². The quantitative estimate of drug-likeness (QED) is 0.483. The number of nitrogens with one attached hydrogen (secondary N) is 2. The third-order valence-electron chi connectivity index (χ3n) is 1.22. The van der Waals surface area contributed by atoms with Gasteiger partial charge in [-0.2, -0.15) is 0 Å². The molecule has 0 aromatic heterocycles. The number of amides is 2. The molecule has 2 N–H and O–H groups in total. The molecule has 0 aromatic carbocycles. The highest BCUT2D eigenvalue weighted by atomic mass is 16.7.